The number of hydrogen-bond donors (Lipinski definition) is 0. The molecule has 1 aromatic heterocycles. The lowest BCUT2D eigenvalue weighted by molar-refractivity contribution is -0.132. The van der Waals surface area contributed by atoms with Gasteiger partial charge in [0.2, 0.25) is 0 Å². The van der Waals surface area contributed by atoms with Crippen LogP contribution in [0, 0.1) is 0 Å². The maximum atomic E-state index is 12.3. The van der Waals surface area contributed by atoms with Gasteiger partial charge in [-0.05, 0) is 36.4 Å². The van der Waals surface area contributed by atoms with Crippen molar-refractivity contribution in [3.8, 4) is 5.75 Å². The Kier molecular flexibility index (Phi) is 5.48. The molecule has 0 saturated heterocycles. The third kappa shape index (κ3) is 4.18. The molecule has 7 heteroatoms. The van der Waals surface area contributed by atoms with E-state index in [1.54, 1.807) is 47.5 Å². The first-order valence-electron chi connectivity index (χ1n) is 7.96. The van der Waals surface area contributed by atoms with Gasteiger partial charge >= 0.3 is 5.97 Å². The van der Waals surface area contributed by atoms with Gasteiger partial charge in [-0.25, -0.2) is 9.78 Å². The second-order valence-corrected chi connectivity index (χ2v) is 6.74. The van der Waals surface area contributed by atoms with Crippen molar-refractivity contribution in [3.63, 3.8) is 0 Å². The van der Waals surface area contributed by atoms with Gasteiger partial charge in [-0.2, -0.15) is 0 Å². The van der Waals surface area contributed by atoms with E-state index in [9.17, 15) is 9.59 Å². The van der Waals surface area contributed by atoms with Crippen molar-refractivity contribution in [1.82, 2.24) is 9.88 Å². The molecule has 0 unspecified atom stereocenters. The van der Waals surface area contributed by atoms with Gasteiger partial charge in [0.05, 0.1) is 29.4 Å². The molecule has 0 atom stereocenters. The fourth-order valence-corrected chi connectivity index (χ4v) is 3.36. The van der Waals surface area contributed by atoms with Crippen molar-refractivity contribution in [2.24, 2.45) is 0 Å². The zero-order valence-corrected chi connectivity index (χ0v) is 15.3. The lowest BCUT2D eigenvalue weighted by Crippen LogP contribution is -2.30. The summed E-state index contributed by atoms with van der Waals surface area (Å²) in [6.45, 7) is 0.349. The third-order valence-electron chi connectivity index (χ3n) is 3.77. The van der Waals surface area contributed by atoms with E-state index in [2.05, 4.69) is 9.72 Å². The van der Waals surface area contributed by atoms with Crippen LogP contribution in [-0.2, 0) is 16.1 Å². The number of rotatable bonds is 6. The van der Waals surface area contributed by atoms with E-state index in [4.69, 9.17) is 4.74 Å². The summed E-state index contributed by atoms with van der Waals surface area (Å²) in [5, 5.41) is 0.879. The Labute approximate surface area is 155 Å². The minimum absolute atomic E-state index is 0.0844. The maximum absolute atomic E-state index is 12.3. The molecule has 134 valence electrons. The Morgan fingerprint density at radius 1 is 1.12 bits per heavy atom. The molecule has 0 N–H and O–H groups in total. The molecule has 0 aliphatic heterocycles. The molecule has 0 aliphatic carbocycles. The number of fused-ring (bicyclic) bond motifs is 1. The quantitative estimate of drug-likeness (QED) is 0.624. The molecular formula is C19H18N2O4S. The highest BCUT2D eigenvalue weighted by atomic mass is 32.1. The van der Waals surface area contributed by atoms with Crippen molar-refractivity contribution >= 4 is 33.4 Å². The summed E-state index contributed by atoms with van der Waals surface area (Å²) in [5.41, 5.74) is 1.37. The van der Waals surface area contributed by atoms with Crippen molar-refractivity contribution in [2.45, 2.75) is 6.54 Å². The number of aromatic nitrogens is 1. The summed E-state index contributed by atoms with van der Waals surface area (Å²) >= 11 is 1.57. The number of amides is 1. The number of likely N-dealkylation sites (N-methyl/N-ethyl adjacent to an activating group) is 1. The van der Waals surface area contributed by atoms with Crippen LogP contribution in [0.5, 0.6) is 5.75 Å². The number of hydrogen-bond acceptors (Lipinski definition) is 6. The summed E-state index contributed by atoms with van der Waals surface area (Å²) in [6.07, 6.45) is 0. The Morgan fingerprint density at radius 3 is 2.54 bits per heavy atom. The second kappa shape index (κ2) is 7.97. The van der Waals surface area contributed by atoms with Crippen LogP contribution < -0.4 is 4.74 Å². The second-order valence-electron chi connectivity index (χ2n) is 5.63. The van der Waals surface area contributed by atoms with Gasteiger partial charge in [-0.15, -0.1) is 11.3 Å². The smallest absolute Gasteiger partial charge is 0.337 e. The number of thiazole rings is 1. The Bertz CT molecular complexity index is 888. The molecule has 0 saturated carbocycles. The molecule has 2 aromatic carbocycles. The van der Waals surface area contributed by atoms with Crippen molar-refractivity contribution in [1.29, 1.82) is 0 Å². The Hall–Kier alpha value is -2.93. The highest BCUT2D eigenvalue weighted by Crippen LogP contribution is 2.22. The lowest BCUT2D eigenvalue weighted by atomic mass is 10.2. The first-order chi connectivity index (χ1) is 12.6. The molecule has 3 rings (SSSR count). The summed E-state index contributed by atoms with van der Waals surface area (Å²) in [7, 11) is 3.05. The van der Waals surface area contributed by atoms with Crippen LogP contribution in [0.25, 0.3) is 10.2 Å². The Morgan fingerprint density at radius 2 is 1.85 bits per heavy atom. The molecule has 1 heterocycles. The SMILES string of the molecule is COC(=O)c1ccc(OCC(=O)N(C)Cc2nc3ccccc3s2)cc1. The van der Waals surface area contributed by atoms with Crippen molar-refractivity contribution in [2.75, 3.05) is 20.8 Å². The van der Waals surface area contributed by atoms with Gasteiger partial charge in [0.25, 0.3) is 5.91 Å². The predicted molar refractivity (Wildman–Crippen MR) is 99.4 cm³/mol. The standard InChI is InChI=1S/C19H18N2O4S/c1-21(11-17-20-15-5-3-4-6-16(15)26-17)18(22)12-25-14-9-7-13(8-10-14)19(23)24-2/h3-10H,11-12H2,1-2H3. The van der Waals surface area contributed by atoms with Crippen LogP contribution in [0.2, 0.25) is 0 Å². The summed E-state index contributed by atoms with van der Waals surface area (Å²) < 4.78 is 11.2. The van der Waals surface area contributed by atoms with Gasteiger partial charge < -0.3 is 14.4 Å². The molecule has 0 aliphatic rings. The van der Waals surface area contributed by atoms with E-state index in [1.807, 2.05) is 24.3 Å². The molecule has 26 heavy (non-hydrogen) atoms. The fourth-order valence-electron chi connectivity index (χ4n) is 2.34. The average Bonchev–Trinajstić information content (AvgIpc) is 3.08. The highest BCUT2D eigenvalue weighted by molar-refractivity contribution is 7.18. The molecule has 0 radical (unpaired) electrons. The van der Waals surface area contributed by atoms with E-state index in [0.29, 0.717) is 17.9 Å². The van der Waals surface area contributed by atoms with Crippen LogP contribution in [0.1, 0.15) is 15.4 Å². The summed E-state index contributed by atoms with van der Waals surface area (Å²) in [6, 6.07) is 14.3. The number of benzene rings is 2. The minimum atomic E-state index is -0.414. The van der Waals surface area contributed by atoms with Crippen molar-refractivity contribution < 1.29 is 19.1 Å². The first kappa shape index (κ1) is 17.9. The number of esters is 1. The fraction of sp³-hybridized carbons (Fsp3) is 0.211. The van der Waals surface area contributed by atoms with Crippen LogP contribution in [0.4, 0.5) is 0 Å². The molecule has 0 bridgehead atoms. The number of methoxy groups -OCH3 is 1. The largest absolute Gasteiger partial charge is 0.484 e. The molecule has 0 fully saturated rings. The molecule has 3 aromatic rings. The zero-order chi connectivity index (χ0) is 18.5. The van der Waals surface area contributed by atoms with Crippen molar-refractivity contribution in [3.05, 3.63) is 59.1 Å². The van der Waals surface area contributed by atoms with E-state index in [0.717, 1.165) is 15.2 Å². The number of nitrogens with zero attached hydrogens (tertiary/aromatic N) is 2. The van der Waals surface area contributed by atoms with Gasteiger partial charge in [0.1, 0.15) is 10.8 Å². The van der Waals surface area contributed by atoms with E-state index in [1.165, 1.54) is 7.11 Å². The summed E-state index contributed by atoms with van der Waals surface area (Å²) in [5.74, 6) is -0.0520. The zero-order valence-electron chi connectivity index (χ0n) is 14.5. The predicted octanol–water partition coefficient (Wildman–Crippen LogP) is 3.12. The summed E-state index contributed by atoms with van der Waals surface area (Å²) in [4.78, 5) is 29.8. The number of ether oxygens (including phenoxy) is 2. The topological polar surface area (TPSA) is 68.7 Å². The lowest BCUT2D eigenvalue weighted by Gasteiger charge is -2.16. The number of para-hydroxylation sites is 1. The van der Waals surface area contributed by atoms with Gasteiger partial charge in [0.15, 0.2) is 6.61 Å². The molecule has 0 spiro atoms. The minimum Gasteiger partial charge on any atom is -0.484 e. The van der Waals surface area contributed by atoms with E-state index in [-0.39, 0.29) is 12.5 Å². The molecule has 6 nitrogen and oxygen atoms in total. The Balaban J connectivity index is 1.54. The number of carbonyl (C=O) groups is 2. The maximum Gasteiger partial charge on any atom is 0.337 e. The molecule has 1 amide bonds. The first-order valence-corrected chi connectivity index (χ1v) is 8.78. The average molecular weight is 370 g/mol. The monoisotopic (exact) mass is 370 g/mol. The van der Waals surface area contributed by atoms with Crippen LogP contribution in [-0.4, -0.2) is 42.5 Å². The highest BCUT2D eigenvalue weighted by Gasteiger charge is 2.13. The van der Waals surface area contributed by atoms with E-state index < -0.39 is 5.97 Å². The number of carbonyl (C=O) groups excluding carboxylic acids is 2. The van der Waals surface area contributed by atoms with E-state index >= 15 is 0 Å². The van der Waals surface area contributed by atoms with Crippen LogP contribution >= 0.6 is 11.3 Å². The van der Waals surface area contributed by atoms with Gasteiger partial charge in [0, 0.05) is 7.05 Å². The molecular weight excluding hydrogens is 352 g/mol. The van der Waals surface area contributed by atoms with Gasteiger partial charge in [-0.3, -0.25) is 4.79 Å². The normalized spacial score (nSPS) is 10.5. The third-order valence-corrected chi connectivity index (χ3v) is 4.80. The van der Waals surface area contributed by atoms with Gasteiger partial charge in [-0.1, -0.05) is 12.1 Å². The van der Waals surface area contributed by atoms with Crippen LogP contribution in [0.3, 0.4) is 0 Å². The van der Waals surface area contributed by atoms with Crippen LogP contribution in [0.15, 0.2) is 48.5 Å².